The zero-order valence-corrected chi connectivity index (χ0v) is 16.5. The Bertz CT molecular complexity index is 1040. The van der Waals surface area contributed by atoms with Gasteiger partial charge in [0.1, 0.15) is 17.7 Å². The lowest BCUT2D eigenvalue weighted by Crippen LogP contribution is -2.62. The van der Waals surface area contributed by atoms with E-state index in [-0.39, 0.29) is 18.3 Å². The summed E-state index contributed by atoms with van der Waals surface area (Å²) in [5, 5.41) is 0. The monoisotopic (exact) mass is 396 g/mol. The Morgan fingerprint density at radius 2 is 1.86 bits per heavy atom. The lowest BCUT2D eigenvalue weighted by molar-refractivity contribution is -0.677. The fourth-order valence-electron chi connectivity index (χ4n) is 4.73. The lowest BCUT2D eigenvalue weighted by atomic mass is 10.1. The number of carbonyl (C=O) groups is 2. The van der Waals surface area contributed by atoms with Crippen molar-refractivity contribution in [3.05, 3.63) is 47.5 Å². The van der Waals surface area contributed by atoms with Gasteiger partial charge in [0.2, 0.25) is 11.9 Å². The van der Waals surface area contributed by atoms with Crippen LogP contribution < -0.4 is 4.57 Å². The minimum Gasteiger partial charge on any atom is -0.270 e. The van der Waals surface area contributed by atoms with Crippen LogP contribution in [0.2, 0.25) is 0 Å². The average molecular weight is 396 g/mol. The molecule has 1 saturated heterocycles. The molecule has 3 heterocycles. The topological polar surface area (TPSA) is 61.8 Å². The predicted octanol–water partition coefficient (Wildman–Crippen LogP) is 3.02. The van der Waals surface area contributed by atoms with E-state index in [0.29, 0.717) is 17.4 Å². The van der Waals surface area contributed by atoms with Crippen LogP contribution in [0.5, 0.6) is 0 Å². The summed E-state index contributed by atoms with van der Waals surface area (Å²) >= 11 is 0. The summed E-state index contributed by atoms with van der Waals surface area (Å²) in [6.07, 6.45) is 6.58. The summed E-state index contributed by atoms with van der Waals surface area (Å²) in [5.74, 6) is 0.558. The number of imidazole rings is 1. The van der Waals surface area contributed by atoms with E-state index < -0.39 is 12.1 Å². The number of amides is 3. The molecule has 150 valence electrons. The third kappa shape index (κ3) is 2.69. The van der Waals surface area contributed by atoms with E-state index in [1.54, 1.807) is 19.2 Å². The van der Waals surface area contributed by atoms with Gasteiger partial charge in [-0.05, 0) is 50.3 Å². The number of hydrogen-bond donors (Lipinski definition) is 0. The Kier molecular flexibility index (Phi) is 4.04. The first-order valence-corrected chi connectivity index (χ1v) is 10.0. The molecule has 2 fully saturated rings. The number of aryl methyl sites for hydroxylation is 1. The maximum absolute atomic E-state index is 13.3. The van der Waals surface area contributed by atoms with Gasteiger partial charge in [-0.3, -0.25) is 14.6 Å². The second kappa shape index (κ2) is 6.50. The number of nitrogens with zero attached hydrogens (tertiary/aromatic N) is 5. The molecular formula is C21H23FN5O2+. The number of aliphatic imine (C=N–C) groups is 1. The van der Waals surface area contributed by atoms with Crippen molar-refractivity contribution in [3.8, 4) is 0 Å². The number of likely N-dealkylation sites (N-methyl/N-ethyl adjacent to an activating group) is 1. The molecule has 29 heavy (non-hydrogen) atoms. The van der Waals surface area contributed by atoms with Crippen molar-refractivity contribution >= 4 is 23.7 Å². The second-order valence-electron chi connectivity index (χ2n) is 8.05. The van der Waals surface area contributed by atoms with Crippen LogP contribution in [0.4, 0.5) is 15.1 Å². The molecule has 0 radical (unpaired) electrons. The van der Waals surface area contributed by atoms with Gasteiger partial charge >= 0.3 is 12.0 Å². The summed E-state index contributed by atoms with van der Waals surface area (Å²) in [6, 6.07) is 5.18. The zero-order chi connectivity index (χ0) is 20.3. The first-order chi connectivity index (χ1) is 14.0. The molecule has 1 atom stereocenters. The Hall–Kier alpha value is -3.03. The average Bonchev–Trinajstić information content (AvgIpc) is 3.40. The SMILES string of the molecule is Cc1c[n+]2c(n1C1CCCC1)N=C1C2C(=O)N(Cc2ccc(F)cc2)C(=O)N1C. The number of halogens is 1. The highest BCUT2D eigenvalue weighted by molar-refractivity contribution is 6.19. The molecule has 1 saturated carbocycles. The molecular weight excluding hydrogens is 373 g/mol. The van der Waals surface area contributed by atoms with Gasteiger partial charge in [0.25, 0.3) is 5.91 Å². The number of imide groups is 1. The molecule has 1 aromatic carbocycles. The van der Waals surface area contributed by atoms with Gasteiger partial charge in [0.05, 0.1) is 12.6 Å². The van der Waals surface area contributed by atoms with Crippen molar-refractivity contribution in [1.29, 1.82) is 0 Å². The van der Waals surface area contributed by atoms with Crippen molar-refractivity contribution in [2.45, 2.75) is 51.2 Å². The Morgan fingerprint density at radius 1 is 1.17 bits per heavy atom. The van der Waals surface area contributed by atoms with Crippen LogP contribution >= 0.6 is 0 Å². The lowest BCUT2D eigenvalue weighted by Gasteiger charge is -2.33. The molecule has 5 rings (SSSR count). The van der Waals surface area contributed by atoms with E-state index in [1.165, 1.54) is 34.8 Å². The van der Waals surface area contributed by atoms with E-state index in [9.17, 15) is 14.0 Å². The minimum absolute atomic E-state index is 0.101. The van der Waals surface area contributed by atoms with Crippen LogP contribution in [-0.2, 0) is 11.3 Å². The highest BCUT2D eigenvalue weighted by atomic mass is 19.1. The number of fused-ring (bicyclic) bond motifs is 3. The Balaban J connectivity index is 1.52. The highest BCUT2D eigenvalue weighted by Gasteiger charge is 2.53. The molecule has 2 aromatic rings. The van der Waals surface area contributed by atoms with Crippen molar-refractivity contribution in [2.24, 2.45) is 4.99 Å². The van der Waals surface area contributed by atoms with Gasteiger partial charge < -0.3 is 0 Å². The normalized spacial score (nSPS) is 21.6. The maximum Gasteiger partial charge on any atom is 0.402 e. The molecule has 2 aliphatic heterocycles. The van der Waals surface area contributed by atoms with Crippen molar-refractivity contribution in [2.75, 3.05) is 7.05 Å². The number of carbonyl (C=O) groups excluding carboxylic acids is 2. The standard InChI is InChI=1S/C21H23FN5O2/c1-13-11-25-17-18(23-20(25)27(13)16-5-3-4-6-16)24(2)21(29)26(19(17)28)12-14-7-9-15(22)10-8-14/h7-11,16-17H,3-6,12H2,1-2H3/q+1. The minimum atomic E-state index is -0.644. The summed E-state index contributed by atoms with van der Waals surface area (Å²) in [5.41, 5.74) is 1.77. The quantitative estimate of drug-likeness (QED) is 0.749. The van der Waals surface area contributed by atoms with Crippen LogP contribution in [0.1, 0.15) is 49.0 Å². The van der Waals surface area contributed by atoms with Crippen LogP contribution in [-0.4, -0.2) is 39.2 Å². The van der Waals surface area contributed by atoms with Crippen molar-refractivity contribution in [3.63, 3.8) is 0 Å². The number of aromatic nitrogens is 2. The molecule has 0 spiro atoms. The summed E-state index contributed by atoms with van der Waals surface area (Å²) in [6.45, 7) is 2.14. The molecule has 7 nitrogen and oxygen atoms in total. The van der Waals surface area contributed by atoms with Gasteiger partial charge in [0.15, 0.2) is 0 Å². The van der Waals surface area contributed by atoms with E-state index in [1.807, 2.05) is 17.7 Å². The number of rotatable bonds is 3. The first kappa shape index (κ1) is 18.0. The molecule has 3 aliphatic rings. The van der Waals surface area contributed by atoms with Gasteiger partial charge in [-0.1, -0.05) is 17.1 Å². The number of amidine groups is 1. The summed E-state index contributed by atoms with van der Waals surface area (Å²) in [4.78, 5) is 33.6. The third-order valence-corrected chi connectivity index (χ3v) is 6.19. The van der Waals surface area contributed by atoms with Crippen LogP contribution in [0.3, 0.4) is 0 Å². The van der Waals surface area contributed by atoms with Crippen LogP contribution in [0.25, 0.3) is 0 Å². The zero-order valence-electron chi connectivity index (χ0n) is 16.5. The van der Waals surface area contributed by atoms with Crippen molar-refractivity contribution in [1.82, 2.24) is 14.4 Å². The fraction of sp³-hybridized carbons (Fsp3) is 0.429. The van der Waals surface area contributed by atoms with E-state index in [0.717, 1.165) is 24.5 Å². The molecule has 0 bridgehead atoms. The molecule has 1 aromatic heterocycles. The number of urea groups is 1. The van der Waals surface area contributed by atoms with Gasteiger partial charge in [-0.2, -0.15) is 0 Å². The first-order valence-electron chi connectivity index (χ1n) is 10.0. The van der Waals surface area contributed by atoms with Crippen LogP contribution in [0.15, 0.2) is 35.5 Å². The summed E-state index contributed by atoms with van der Waals surface area (Å²) < 4.78 is 17.3. The Labute approximate surface area is 168 Å². The largest absolute Gasteiger partial charge is 0.402 e. The van der Waals surface area contributed by atoms with E-state index in [2.05, 4.69) is 4.57 Å². The maximum atomic E-state index is 13.3. The molecule has 1 unspecified atom stereocenters. The third-order valence-electron chi connectivity index (χ3n) is 6.19. The van der Waals surface area contributed by atoms with Crippen LogP contribution in [0, 0.1) is 12.7 Å². The van der Waals surface area contributed by atoms with E-state index >= 15 is 0 Å². The molecule has 0 N–H and O–H groups in total. The Morgan fingerprint density at radius 3 is 2.55 bits per heavy atom. The molecule has 3 amide bonds. The number of benzene rings is 1. The number of hydrogen-bond acceptors (Lipinski definition) is 3. The molecule has 1 aliphatic carbocycles. The molecule has 8 heteroatoms. The van der Waals surface area contributed by atoms with Gasteiger partial charge in [0, 0.05) is 7.05 Å². The summed E-state index contributed by atoms with van der Waals surface area (Å²) in [7, 11) is 1.65. The van der Waals surface area contributed by atoms with Crippen molar-refractivity contribution < 1.29 is 18.5 Å². The fourth-order valence-corrected chi connectivity index (χ4v) is 4.73. The van der Waals surface area contributed by atoms with E-state index in [4.69, 9.17) is 4.99 Å². The van der Waals surface area contributed by atoms with Gasteiger partial charge in [-0.25, -0.2) is 18.3 Å². The van der Waals surface area contributed by atoms with Gasteiger partial charge in [-0.15, -0.1) is 0 Å². The predicted molar refractivity (Wildman–Crippen MR) is 103 cm³/mol. The second-order valence-corrected chi connectivity index (χ2v) is 8.05. The smallest absolute Gasteiger partial charge is 0.270 e. The highest BCUT2D eigenvalue weighted by Crippen LogP contribution is 2.37.